The van der Waals surface area contributed by atoms with Gasteiger partial charge in [0.2, 0.25) is 0 Å². The molecule has 7 rings (SSSR count). The summed E-state index contributed by atoms with van der Waals surface area (Å²) in [6, 6.07) is 10.1. The Labute approximate surface area is 463 Å². The van der Waals surface area contributed by atoms with E-state index in [0.29, 0.717) is 54.1 Å². The first-order valence-electron chi connectivity index (χ1n) is 27.6. The number of rotatable bonds is 14. The maximum Gasteiger partial charge on any atom is 0.414 e. The molecule has 0 bridgehead atoms. The normalized spacial score (nSPS) is 37.5. The standard InChI is InChI=1S/C57H84FN7O14/c1-14-46-57(9,72)50(67)35(5)63(12)28-32(2)26-55(7,71)47(25-45(34(4)52(69)78-46)77-48-27-56(8,73-13)51(68)36(6)75-48)79-53-49(66)44(23-33(3)74-53)62(11)22-21-39-29-64(61-60-39)30-41-31-65(54(70)76-41)40-19-20-42(43(58)24-40)37-15-17-38(59-10)18-16-37/h15-20,24,29,32-36,41,44-51,53,66-68,71-72H,14,21-23,25-28,30-31H2,1-9,11-13H3/t32-,33-,34-,35-,36+,41+,44+,45+,46-,47-,48+,49-,50-,51+,53+,55-,56-,57-/m1/s1. The largest absolute Gasteiger partial charge is 0.459 e. The minimum absolute atomic E-state index is 0.0828. The minimum Gasteiger partial charge on any atom is -0.459 e. The van der Waals surface area contributed by atoms with E-state index in [9.17, 15) is 35.1 Å². The van der Waals surface area contributed by atoms with Crippen LogP contribution in [0.2, 0.25) is 0 Å². The second-order valence-electron chi connectivity index (χ2n) is 23.3. The number of amides is 1. The smallest absolute Gasteiger partial charge is 0.414 e. The van der Waals surface area contributed by atoms with Gasteiger partial charge in [-0.25, -0.2) is 18.7 Å². The summed E-state index contributed by atoms with van der Waals surface area (Å²) in [5.41, 5.74) is -2.19. The van der Waals surface area contributed by atoms with E-state index in [1.807, 2.05) is 37.7 Å². The summed E-state index contributed by atoms with van der Waals surface area (Å²) in [6.45, 7) is 23.9. The molecule has 0 unspecified atom stereocenters. The van der Waals surface area contributed by atoms with Gasteiger partial charge in [0.25, 0.3) is 0 Å². The van der Waals surface area contributed by atoms with Gasteiger partial charge in [0.05, 0.1) is 72.6 Å². The molecule has 0 saturated carbocycles. The summed E-state index contributed by atoms with van der Waals surface area (Å²) in [7, 11) is 5.19. The number of likely N-dealkylation sites (N-methyl/N-ethyl adjacent to an activating group) is 2. The fourth-order valence-electron chi connectivity index (χ4n) is 11.7. The van der Waals surface area contributed by atoms with Crippen LogP contribution in [0.25, 0.3) is 16.0 Å². The van der Waals surface area contributed by atoms with Gasteiger partial charge in [0.15, 0.2) is 18.3 Å². The Hall–Kier alpha value is -4.74. The number of aromatic nitrogens is 3. The molecule has 2 aromatic carbocycles. The summed E-state index contributed by atoms with van der Waals surface area (Å²) in [5, 5.41) is 68.2. The van der Waals surface area contributed by atoms with Gasteiger partial charge in [-0.2, -0.15) is 0 Å². The molecule has 79 heavy (non-hydrogen) atoms. The number of ether oxygens (including phenoxy) is 7. The topological polar surface area (TPSA) is 245 Å². The zero-order chi connectivity index (χ0) is 57.9. The van der Waals surface area contributed by atoms with Crippen molar-refractivity contribution >= 4 is 23.4 Å². The van der Waals surface area contributed by atoms with Crippen LogP contribution in [0.1, 0.15) is 100 Å². The molecular formula is C57H84FN7O14. The Morgan fingerprint density at radius 1 is 0.937 bits per heavy atom. The fraction of sp³-hybridized carbons (Fsp3) is 0.702. The maximum atomic E-state index is 15.4. The number of aliphatic hydroxyl groups excluding tert-OH is 3. The van der Waals surface area contributed by atoms with E-state index < -0.39 is 120 Å². The van der Waals surface area contributed by atoms with Gasteiger partial charge in [-0.3, -0.25) is 9.69 Å². The molecule has 18 atom stereocenters. The molecule has 22 heteroatoms. The predicted molar refractivity (Wildman–Crippen MR) is 288 cm³/mol. The van der Waals surface area contributed by atoms with Crippen LogP contribution in [-0.4, -0.2) is 200 Å². The summed E-state index contributed by atoms with van der Waals surface area (Å²) >= 11 is 0. The molecule has 0 radical (unpaired) electrons. The van der Waals surface area contributed by atoms with Crippen LogP contribution in [-0.2, 0) is 50.9 Å². The molecule has 1 amide bonds. The molecule has 3 aromatic rings. The first kappa shape index (κ1) is 61.9. The van der Waals surface area contributed by atoms with Crippen LogP contribution in [0.15, 0.2) is 48.7 Å². The van der Waals surface area contributed by atoms with Crippen molar-refractivity contribution in [2.45, 2.75) is 204 Å². The van der Waals surface area contributed by atoms with E-state index in [-0.39, 0.29) is 44.7 Å². The number of aliphatic hydroxyl groups is 5. The van der Waals surface area contributed by atoms with Gasteiger partial charge in [-0.05, 0) is 112 Å². The van der Waals surface area contributed by atoms with Gasteiger partial charge < -0.3 is 68.5 Å². The molecule has 5 N–H and O–H groups in total. The average molecular weight is 1110 g/mol. The van der Waals surface area contributed by atoms with Crippen molar-refractivity contribution in [3.63, 3.8) is 0 Å². The number of cyclic esters (lactones) is 2. The number of halogens is 1. The minimum atomic E-state index is -1.85. The van der Waals surface area contributed by atoms with Crippen LogP contribution in [0.3, 0.4) is 0 Å². The lowest BCUT2D eigenvalue weighted by molar-refractivity contribution is -0.308. The summed E-state index contributed by atoms with van der Waals surface area (Å²) in [5.74, 6) is -2.54. The summed E-state index contributed by atoms with van der Waals surface area (Å²) in [4.78, 5) is 36.0. The zero-order valence-electron chi connectivity index (χ0n) is 47.8. The number of hydrogen-bond acceptors (Lipinski definition) is 18. The van der Waals surface area contributed by atoms with Crippen LogP contribution in [0, 0.1) is 24.2 Å². The van der Waals surface area contributed by atoms with E-state index in [1.54, 1.807) is 88.8 Å². The molecule has 5 heterocycles. The molecular weight excluding hydrogens is 1030 g/mol. The molecule has 4 saturated heterocycles. The van der Waals surface area contributed by atoms with Crippen LogP contribution >= 0.6 is 0 Å². The number of hydrogen-bond donors (Lipinski definition) is 5. The highest BCUT2D eigenvalue weighted by molar-refractivity contribution is 5.90. The quantitative estimate of drug-likeness (QED) is 0.102. The van der Waals surface area contributed by atoms with Gasteiger partial charge in [-0.15, -0.1) is 5.10 Å². The number of carbonyl (C=O) groups is 2. The number of benzene rings is 2. The van der Waals surface area contributed by atoms with Crippen LogP contribution < -0.4 is 4.90 Å². The van der Waals surface area contributed by atoms with E-state index in [0.717, 1.165) is 0 Å². The number of methoxy groups -OCH3 is 1. The molecule has 438 valence electrons. The molecule has 4 aliphatic rings. The lowest BCUT2D eigenvalue weighted by atomic mass is 9.83. The Morgan fingerprint density at radius 2 is 1.65 bits per heavy atom. The SMILES string of the molecule is [C-]#[N+]c1ccc(-c2ccc(N3C[C@H](Cn4cc(CCN(C)[C@H]5C[C@@H](C)O[C@@H](O[C@@H]6C[C@H](O[C@H]7C[C@@](C)(OC)[C@@H](O)[C@H](C)O7)[C@@H](C)C(=O)O[C@H](CC)[C@@](C)(O)[C@H](O)[C@@H](C)N(C)C[C@H](C)C[C@@]6(C)O)[C@@H]5O)nn4)OC3=O)cc2F)cc1. The molecule has 4 aliphatic heterocycles. The Bertz CT molecular complexity index is 2570. The van der Waals surface area contributed by atoms with Gasteiger partial charge in [0.1, 0.15) is 41.9 Å². The highest BCUT2D eigenvalue weighted by Gasteiger charge is 2.51. The molecule has 21 nitrogen and oxygen atoms in total. The fourth-order valence-corrected chi connectivity index (χ4v) is 11.7. The first-order valence-corrected chi connectivity index (χ1v) is 27.6. The van der Waals surface area contributed by atoms with Gasteiger partial charge in [0, 0.05) is 63.3 Å². The summed E-state index contributed by atoms with van der Waals surface area (Å²) < 4.78 is 60.5. The second kappa shape index (κ2) is 25.6. The van der Waals surface area contributed by atoms with E-state index in [2.05, 4.69) is 15.2 Å². The molecule has 0 aliphatic carbocycles. The van der Waals surface area contributed by atoms with Crippen LogP contribution in [0.4, 0.5) is 20.6 Å². The molecule has 1 aromatic heterocycles. The summed E-state index contributed by atoms with van der Waals surface area (Å²) in [6.07, 6.45) is -8.54. The van der Waals surface area contributed by atoms with Crippen molar-refractivity contribution in [1.29, 1.82) is 0 Å². The van der Waals surface area contributed by atoms with Crippen molar-refractivity contribution < 1.29 is 72.7 Å². The highest BCUT2D eigenvalue weighted by atomic mass is 19.1. The van der Waals surface area contributed by atoms with E-state index in [4.69, 9.17) is 39.7 Å². The van der Waals surface area contributed by atoms with Crippen molar-refractivity contribution in [3.05, 3.63) is 71.6 Å². The molecule has 4 fully saturated rings. The molecule has 0 spiro atoms. The van der Waals surface area contributed by atoms with E-state index in [1.165, 1.54) is 25.0 Å². The average Bonchev–Trinajstić information content (AvgIpc) is 4.03. The predicted octanol–water partition coefficient (Wildman–Crippen LogP) is 5.24. The number of esters is 1. The lowest BCUT2D eigenvalue weighted by Gasteiger charge is -2.47. The lowest BCUT2D eigenvalue weighted by Crippen LogP contribution is -2.59. The highest BCUT2D eigenvalue weighted by Crippen LogP contribution is 2.39. The maximum absolute atomic E-state index is 15.4. The Balaban J connectivity index is 1.05. The van der Waals surface area contributed by atoms with Gasteiger partial charge >= 0.3 is 12.1 Å². The Morgan fingerprint density at radius 3 is 2.30 bits per heavy atom. The van der Waals surface area contributed by atoms with Crippen LogP contribution in [0.5, 0.6) is 0 Å². The number of nitrogens with zero attached hydrogens (tertiary/aromatic N) is 7. The Kier molecular flexibility index (Phi) is 20.0. The monoisotopic (exact) mass is 1110 g/mol. The van der Waals surface area contributed by atoms with Crippen molar-refractivity contribution in [2.75, 3.05) is 45.7 Å². The third kappa shape index (κ3) is 14.3. The third-order valence-electron chi connectivity index (χ3n) is 16.9. The van der Waals surface area contributed by atoms with Gasteiger partial charge in [-0.1, -0.05) is 43.3 Å². The zero-order valence-corrected chi connectivity index (χ0v) is 47.8. The van der Waals surface area contributed by atoms with Crippen molar-refractivity contribution in [1.82, 2.24) is 24.8 Å². The van der Waals surface area contributed by atoms with Crippen molar-refractivity contribution in [2.24, 2.45) is 11.8 Å². The van der Waals surface area contributed by atoms with E-state index >= 15 is 4.39 Å². The number of anilines is 1. The third-order valence-corrected chi connectivity index (χ3v) is 16.9. The second-order valence-corrected chi connectivity index (χ2v) is 23.3. The number of carbonyl (C=O) groups excluding carboxylic acids is 2. The first-order chi connectivity index (χ1) is 37.2. The van der Waals surface area contributed by atoms with Crippen molar-refractivity contribution in [3.8, 4) is 11.1 Å².